The molecular formula is C14H20N2O4. The zero-order chi connectivity index (χ0) is 15.0. The Bertz CT molecular complexity index is 434. The Morgan fingerprint density at radius 1 is 1.35 bits per heavy atom. The van der Waals surface area contributed by atoms with Crippen LogP contribution < -0.4 is 5.73 Å². The molecule has 1 aromatic rings. The average molecular weight is 280 g/mol. The second-order valence-corrected chi connectivity index (χ2v) is 4.57. The van der Waals surface area contributed by atoms with Crippen LogP contribution in [0.15, 0.2) is 30.3 Å². The number of carbonyl (C=O) groups is 2. The average Bonchev–Trinajstić information content (AvgIpc) is 2.42. The van der Waals surface area contributed by atoms with Crippen LogP contribution >= 0.6 is 0 Å². The molecule has 1 atom stereocenters. The highest BCUT2D eigenvalue weighted by molar-refractivity contribution is 6.31. The minimum atomic E-state index is -1.48. The van der Waals surface area contributed by atoms with E-state index in [1.807, 2.05) is 30.3 Å². The van der Waals surface area contributed by atoms with E-state index in [-0.39, 0.29) is 25.7 Å². The predicted molar refractivity (Wildman–Crippen MR) is 74.0 cm³/mol. The van der Waals surface area contributed by atoms with E-state index in [9.17, 15) is 9.59 Å². The summed E-state index contributed by atoms with van der Waals surface area (Å²) in [4.78, 5) is 23.4. The van der Waals surface area contributed by atoms with E-state index in [0.717, 1.165) is 5.56 Å². The number of hydrogen-bond donors (Lipinski definition) is 2. The molecule has 0 saturated carbocycles. The summed E-state index contributed by atoms with van der Waals surface area (Å²) in [6.45, 7) is 2.81. The highest BCUT2D eigenvalue weighted by Crippen LogP contribution is 2.01. The first-order valence-corrected chi connectivity index (χ1v) is 6.40. The first-order chi connectivity index (χ1) is 9.50. The molecule has 1 aromatic carbocycles. The van der Waals surface area contributed by atoms with Gasteiger partial charge in [0.2, 0.25) is 0 Å². The number of carboxylic acids is 1. The third-order valence-electron chi connectivity index (χ3n) is 2.60. The molecule has 1 amide bonds. The molecule has 1 rings (SSSR count). The van der Waals surface area contributed by atoms with Gasteiger partial charge in [0.15, 0.2) is 0 Å². The number of nitrogens with zero attached hydrogens (tertiary/aromatic N) is 1. The van der Waals surface area contributed by atoms with Crippen molar-refractivity contribution < 1.29 is 19.4 Å². The molecule has 0 aliphatic rings. The van der Waals surface area contributed by atoms with Crippen LogP contribution in [0.3, 0.4) is 0 Å². The fourth-order valence-corrected chi connectivity index (χ4v) is 1.70. The molecule has 6 nitrogen and oxygen atoms in total. The van der Waals surface area contributed by atoms with Gasteiger partial charge in [-0.2, -0.15) is 0 Å². The standard InChI is InChI=1S/C14H20N2O4/c1-11(15)9-16(13(17)14(18)19)7-8-20-10-12-5-3-2-4-6-12/h2-6,11H,7-10,15H2,1H3,(H,18,19)/t11-/m0/s1. The molecule has 0 aromatic heterocycles. The number of rotatable bonds is 7. The number of carboxylic acid groups (broad SMARTS) is 1. The molecule has 110 valence electrons. The number of ether oxygens (including phenoxy) is 1. The van der Waals surface area contributed by atoms with Gasteiger partial charge in [-0.15, -0.1) is 0 Å². The van der Waals surface area contributed by atoms with Crippen molar-refractivity contribution in [1.29, 1.82) is 0 Å². The highest BCUT2D eigenvalue weighted by atomic mass is 16.5. The van der Waals surface area contributed by atoms with E-state index >= 15 is 0 Å². The van der Waals surface area contributed by atoms with Gasteiger partial charge in [0.1, 0.15) is 0 Å². The maximum absolute atomic E-state index is 11.5. The number of hydrogen-bond acceptors (Lipinski definition) is 4. The molecule has 3 N–H and O–H groups in total. The number of carbonyl (C=O) groups excluding carboxylic acids is 1. The second kappa shape index (κ2) is 8.29. The summed E-state index contributed by atoms with van der Waals surface area (Å²) in [7, 11) is 0. The Balaban J connectivity index is 2.38. The van der Waals surface area contributed by atoms with E-state index in [1.165, 1.54) is 4.90 Å². The Kier molecular flexibility index (Phi) is 6.69. The van der Waals surface area contributed by atoms with Gasteiger partial charge in [0.25, 0.3) is 0 Å². The molecule has 0 unspecified atom stereocenters. The molecule has 0 aliphatic heterocycles. The topological polar surface area (TPSA) is 92.9 Å². The first-order valence-electron chi connectivity index (χ1n) is 6.40. The van der Waals surface area contributed by atoms with Crippen molar-refractivity contribution in [2.75, 3.05) is 19.7 Å². The molecule has 0 saturated heterocycles. The van der Waals surface area contributed by atoms with Gasteiger partial charge in [-0.05, 0) is 12.5 Å². The molecule has 20 heavy (non-hydrogen) atoms. The Morgan fingerprint density at radius 2 is 2.00 bits per heavy atom. The van der Waals surface area contributed by atoms with Gasteiger partial charge in [0.05, 0.1) is 13.2 Å². The van der Waals surface area contributed by atoms with Crippen LogP contribution in [-0.2, 0) is 20.9 Å². The highest BCUT2D eigenvalue weighted by Gasteiger charge is 2.21. The van der Waals surface area contributed by atoms with Crippen LogP contribution in [-0.4, -0.2) is 47.6 Å². The summed E-state index contributed by atoms with van der Waals surface area (Å²) < 4.78 is 5.43. The van der Waals surface area contributed by atoms with Crippen molar-refractivity contribution in [3.8, 4) is 0 Å². The lowest BCUT2D eigenvalue weighted by atomic mass is 10.2. The predicted octanol–water partition coefficient (Wildman–Crippen LogP) is 0.464. The lowest BCUT2D eigenvalue weighted by Crippen LogP contribution is -2.44. The molecule has 0 bridgehead atoms. The first kappa shape index (κ1) is 16.1. The third-order valence-corrected chi connectivity index (χ3v) is 2.60. The van der Waals surface area contributed by atoms with Crippen molar-refractivity contribution >= 4 is 11.9 Å². The summed E-state index contributed by atoms with van der Waals surface area (Å²) in [5.74, 6) is -2.43. The number of amides is 1. The summed E-state index contributed by atoms with van der Waals surface area (Å²) in [6.07, 6.45) is 0. The van der Waals surface area contributed by atoms with Gasteiger partial charge in [0, 0.05) is 19.1 Å². The largest absolute Gasteiger partial charge is 0.474 e. The van der Waals surface area contributed by atoms with E-state index in [4.69, 9.17) is 15.6 Å². The van der Waals surface area contributed by atoms with E-state index in [1.54, 1.807) is 6.92 Å². The smallest absolute Gasteiger partial charge is 0.394 e. The van der Waals surface area contributed by atoms with Crippen LogP contribution in [0, 0.1) is 0 Å². The van der Waals surface area contributed by atoms with Crippen molar-refractivity contribution in [3.63, 3.8) is 0 Å². The van der Waals surface area contributed by atoms with Crippen LogP contribution in [0.25, 0.3) is 0 Å². The monoisotopic (exact) mass is 280 g/mol. The summed E-state index contributed by atoms with van der Waals surface area (Å²) in [5.41, 5.74) is 6.62. The zero-order valence-electron chi connectivity index (χ0n) is 11.5. The van der Waals surface area contributed by atoms with Gasteiger partial charge in [-0.25, -0.2) is 4.79 Å². The van der Waals surface area contributed by atoms with Crippen molar-refractivity contribution in [3.05, 3.63) is 35.9 Å². The van der Waals surface area contributed by atoms with Gasteiger partial charge < -0.3 is 20.5 Å². The fourth-order valence-electron chi connectivity index (χ4n) is 1.70. The summed E-state index contributed by atoms with van der Waals surface area (Å²) in [5, 5.41) is 8.73. The Hall–Kier alpha value is -1.92. The van der Waals surface area contributed by atoms with E-state index < -0.39 is 11.9 Å². The Labute approximate surface area is 118 Å². The van der Waals surface area contributed by atoms with Gasteiger partial charge in [-0.1, -0.05) is 30.3 Å². The van der Waals surface area contributed by atoms with Crippen molar-refractivity contribution in [2.45, 2.75) is 19.6 Å². The van der Waals surface area contributed by atoms with E-state index in [2.05, 4.69) is 0 Å². The molecule has 0 heterocycles. The van der Waals surface area contributed by atoms with Gasteiger partial charge >= 0.3 is 11.9 Å². The van der Waals surface area contributed by atoms with Crippen LogP contribution in [0.4, 0.5) is 0 Å². The lowest BCUT2D eigenvalue weighted by Gasteiger charge is -2.22. The van der Waals surface area contributed by atoms with E-state index in [0.29, 0.717) is 6.61 Å². The third kappa shape index (κ3) is 5.81. The minimum Gasteiger partial charge on any atom is -0.474 e. The Morgan fingerprint density at radius 3 is 2.55 bits per heavy atom. The zero-order valence-corrected chi connectivity index (χ0v) is 11.5. The summed E-state index contributed by atoms with van der Waals surface area (Å²) in [6, 6.07) is 9.32. The SMILES string of the molecule is C[C@H](N)CN(CCOCc1ccccc1)C(=O)C(=O)O. The summed E-state index contributed by atoms with van der Waals surface area (Å²) >= 11 is 0. The maximum atomic E-state index is 11.5. The molecule has 0 spiro atoms. The van der Waals surface area contributed by atoms with Gasteiger partial charge in [-0.3, -0.25) is 4.79 Å². The molecular weight excluding hydrogens is 260 g/mol. The van der Waals surface area contributed by atoms with Crippen LogP contribution in [0.1, 0.15) is 12.5 Å². The minimum absolute atomic E-state index is 0.194. The number of benzene rings is 1. The molecule has 0 radical (unpaired) electrons. The fraction of sp³-hybridized carbons (Fsp3) is 0.429. The molecule has 0 aliphatic carbocycles. The maximum Gasteiger partial charge on any atom is 0.394 e. The molecule has 6 heteroatoms. The number of nitrogens with two attached hydrogens (primary N) is 1. The second-order valence-electron chi connectivity index (χ2n) is 4.57. The number of aliphatic carboxylic acids is 1. The quantitative estimate of drug-likeness (QED) is 0.559. The molecule has 0 fully saturated rings. The lowest BCUT2D eigenvalue weighted by molar-refractivity contribution is -0.156. The normalized spacial score (nSPS) is 11.9. The van der Waals surface area contributed by atoms with Crippen LogP contribution in [0.2, 0.25) is 0 Å². The van der Waals surface area contributed by atoms with Crippen LogP contribution in [0.5, 0.6) is 0 Å². The van der Waals surface area contributed by atoms with Crippen molar-refractivity contribution in [1.82, 2.24) is 4.90 Å². The van der Waals surface area contributed by atoms with Crippen molar-refractivity contribution in [2.24, 2.45) is 5.73 Å².